The Hall–Kier alpha value is -2.68. The van der Waals surface area contributed by atoms with Gasteiger partial charge in [-0.25, -0.2) is 9.37 Å². The summed E-state index contributed by atoms with van der Waals surface area (Å²) in [5.41, 5.74) is 2.14. The van der Waals surface area contributed by atoms with E-state index in [0.717, 1.165) is 29.7 Å². The Kier molecular flexibility index (Phi) is 6.46. The van der Waals surface area contributed by atoms with E-state index in [0.29, 0.717) is 27.8 Å². The van der Waals surface area contributed by atoms with Crippen LogP contribution < -0.4 is 10.9 Å². The molecule has 34 heavy (non-hydrogen) atoms. The third-order valence-corrected chi connectivity index (χ3v) is 8.23. The number of thioether (sulfide) groups is 1. The van der Waals surface area contributed by atoms with Gasteiger partial charge in [0.25, 0.3) is 5.56 Å². The number of hydrogen-bond acceptors (Lipinski definition) is 5. The lowest BCUT2D eigenvalue weighted by molar-refractivity contribution is -0.113. The fraction of sp³-hybridized carbons (Fsp3) is 0.240. The number of benzene rings is 2. The number of aryl methyl sites for hydroxylation is 1. The van der Waals surface area contributed by atoms with Gasteiger partial charge in [-0.15, -0.1) is 11.3 Å². The quantitative estimate of drug-likeness (QED) is 0.259. The molecule has 1 unspecified atom stereocenters. The van der Waals surface area contributed by atoms with E-state index in [1.807, 2.05) is 30.3 Å². The van der Waals surface area contributed by atoms with Gasteiger partial charge in [0.2, 0.25) is 5.91 Å². The van der Waals surface area contributed by atoms with Crippen molar-refractivity contribution in [1.29, 1.82) is 0 Å². The Labute approximate surface area is 209 Å². The molecule has 0 saturated carbocycles. The van der Waals surface area contributed by atoms with Gasteiger partial charge < -0.3 is 5.32 Å². The van der Waals surface area contributed by atoms with Crippen molar-refractivity contribution < 1.29 is 9.18 Å². The van der Waals surface area contributed by atoms with Crippen LogP contribution in [-0.2, 0) is 17.6 Å². The third-order valence-electron chi connectivity index (χ3n) is 5.85. The predicted molar refractivity (Wildman–Crippen MR) is 137 cm³/mol. The summed E-state index contributed by atoms with van der Waals surface area (Å²) in [6.07, 6.45) is 2.91. The Morgan fingerprint density at radius 2 is 2.09 bits per heavy atom. The molecule has 0 radical (unpaired) electrons. The first-order valence-electron chi connectivity index (χ1n) is 10.9. The van der Waals surface area contributed by atoms with Gasteiger partial charge in [0.05, 0.1) is 21.8 Å². The van der Waals surface area contributed by atoms with Crippen LogP contribution in [0.1, 0.15) is 23.8 Å². The molecule has 0 bridgehead atoms. The summed E-state index contributed by atoms with van der Waals surface area (Å²) in [6, 6.07) is 13.4. The first-order valence-corrected chi connectivity index (χ1v) is 13.1. The van der Waals surface area contributed by atoms with Gasteiger partial charge in [-0.2, -0.15) is 0 Å². The molecule has 0 saturated heterocycles. The molecule has 5 rings (SSSR count). The maximum absolute atomic E-state index is 13.7. The minimum Gasteiger partial charge on any atom is -0.325 e. The molecule has 1 atom stereocenters. The number of carbonyl (C=O) groups is 1. The Morgan fingerprint density at radius 3 is 2.85 bits per heavy atom. The SMILES string of the molecule is CC1CCc2c(sc3nc(SCC(=O)Nc4ccc(F)c(Cl)c4)n(-c4ccccc4)c(=O)c23)C1. The fourth-order valence-electron chi connectivity index (χ4n) is 4.17. The van der Waals surface area contributed by atoms with Gasteiger partial charge in [-0.1, -0.05) is 48.5 Å². The van der Waals surface area contributed by atoms with Crippen LogP contribution in [0.25, 0.3) is 15.9 Å². The fourth-order valence-corrected chi connectivity index (χ4v) is 6.59. The van der Waals surface area contributed by atoms with E-state index < -0.39 is 5.82 Å². The molecule has 2 aromatic heterocycles. The summed E-state index contributed by atoms with van der Waals surface area (Å²) in [4.78, 5) is 33.1. The Bertz CT molecular complexity index is 1450. The molecule has 1 aliphatic rings. The van der Waals surface area contributed by atoms with Gasteiger partial charge in [-0.3, -0.25) is 14.2 Å². The standard InChI is InChI=1S/C25H21ClFN3O2S2/c1-14-7-9-17-20(11-14)34-23-22(17)24(32)30(16-5-3-2-4-6-16)25(29-23)33-13-21(31)28-15-8-10-19(27)18(26)12-15/h2-6,8,10,12,14H,7,9,11,13H2,1H3,(H,28,31). The topological polar surface area (TPSA) is 64.0 Å². The largest absolute Gasteiger partial charge is 0.325 e. The van der Waals surface area contributed by atoms with E-state index in [-0.39, 0.29) is 22.2 Å². The molecular weight excluding hydrogens is 493 g/mol. The van der Waals surface area contributed by atoms with Crippen molar-refractivity contribution in [1.82, 2.24) is 9.55 Å². The number of amides is 1. The van der Waals surface area contributed by atoms with E-state index in [4.69, 9.17) is 16.6 Å². The summed E-state index contributed by atoms with van der Waals surface area (Å²) >= 11 is 8.58. The third kappa shape index (κ3) is 4.50. The molecule has 9 heteroatoms. The van der Waals surface area contributed by atoms with Crippen LogP contribution in [0, 0.1) is 11.7 Å². The highest BCUT2D eigenvalue weighted by molar-refractivity contribution is 7.99. The Morgan fingerprint density at radius 1 is 1.29 bits per heavy atom. The smallest absolute Gasteiger partial charge is 0.267 e. The molecule has 1 amide bonds. The maximum Gasteiger partial charge on any atom is 0.267 e. The van der Waals surface area contributed by atoms with Gasteiger partial charge in [0.15, 0.2) is 5.16 Å². The number of anilines is 1. The summed E-state index contributed by atoms with van der Waals surface area (Å²) in [7, 11) is 0. The lowest BCUT2D eigenvalue weighted by atomic mass is 9.89. The number of halogens is 2. The van der Waals surface area contributed by atoms with Crippen molar-refractivity contribution in [2.75, 3.05) is 11.1 Å². The predicted octanol–water partition coefficient (Wildman–Crippen LogP) is 6.10. The zero-order valence-corrected chi connectivity index (χ0v) is 20.7. The highest BCUT2D eigenvalue weighted by Crippen LogP contribution is 2.37. The van der Waals surface area contributed by atoms with Crippen molar-refractivity contribution in [2.45, 2.75) is 31.3 Å². The minimum atomic E-state index is -0.550. The maximum atomic E-state index is 13.7. The van der Waals surface area contributed by atoms with E-state index in [9.17, 15) is 14.0 Å². The van der Waals surface area contributed by atoms with Crippen LogP contribution >= 0.6 is 34.7 Å². The first-order chi connectivity index (χ1) is 16.4. The highest BCUT2D eigenvalue weighted by Gasteiger charge is 2.25. The highest BCUT2D eigenvalue weighted by atomic mass is 35.5. The van der Waals surface area contributed by atoms with Crippen LogP contribution in [0.5, 0.6) is 0 Å². The second-order valence-corrected chi connectivity index (χ2v) is 10.8. The van der Waals surface area contributed by atoms with Crippen molar-refractivity contribution in [3.05, 3.63) is 80.2 Å². The summed E-state index contributed by atoms with van der Waals surface area (Å²) in [5, 5.41) is 3.81. The summed E-state index contributed by atoms with van der Waals surface area (Å²) in [6.45, 7) is 2.23. The first kappa shape index (κ1) is 23.1. The zero-order chi connectivity index (χ0) is 23.8. The number of thiophene rings is 1. The van der Waals surface area contributed by atoms with E-state index >= 15 is 0 Å². The lowest BCUT2D eigenvalue weighted by Crippen LogP contribution is -2.23. The normalized spacial score (nSPS) is 15.3. The number of para-hydroxylation sites is 1. The minimum absolute atomic E-state index is 0.0297. The number of hydrogen-bond donors (Lipinski definition) is 1. The van der Waals surface area contributed by atoms with Crippen molar-refractivity contribution in [3.8, 4) is 5.69 Å². The van der Waals surface area contributed by atoms with E-state index in [2.05, 4.69) is 12.2 Å². The number of fused-ring (bicyclic) bond motifs is 3. The lowest BCUT2D eigenvalue weighted by Gasteiger charge is -2.17. The van der Waals surface area contributed by atoms with E-state index in [1.54, 1.807) is 15.9 Å². The molecule has 0 fully saturated rings. The van der Waals surface area contributed by atoms with Gasteiger partial charge in [0.1, 0.15) is 10.6 Å². The Balaban J connectivity index is 1.50. The second kappa shape index (κ2) is 9.52. The molecule has 2 heterocycles. The van der Waals surface area contributed by atoms with Crippen molar-refractivity contribution >= 4 is 56.5 Å². The molecule has 0 aliphatic heterocycles. The number of aromatic nitrogens is 2. The average molecular weight is 514 g/mol. The number of nitrogens with zero attached hydrogens (tertiary/aromatic N) is 2. The van der Waals surface area contributed by atoms with Gasteiger partial charge in [0, 0.05) is 10.6 Å². The molecule has 0 spiro atoms. The van der Waals surface area contributed by atoms with Gasteiger partial charge in [-0.05, 0) is 61.1 Å². The number of nitrogens with one attached hydrogen (secondary N) is 1. The van der Waals surface area contributed by atoms with Gasteiger partial charge >= 0.3 is 0 Å². The summed E-state index contributed by atoms with van der Waals surface area (Å²) < 4.78 is 15.0. The van der Waals surface area contributed by atoms with Crippen molar-refractivity contribution in [3.63, 3.8) is 0 Å². The molecular formula is C25H21ClFN3O2S2. The average Bonchev–Trinajstić information content (AvgIpc) is 3.18. The molecule has 4 aromatic rings. The van der Waals surface area contributed by atoms with Crippen LogP contribution in [0.2, 0.25) is 5.02 Å². The zero-order valence-electron chi connectivity index (χ0n) is 18.3. The molecule has 1 aliphatic carbocycles. The van der Waals surface area contributed by atoms with Crippen molar-refractivity contribution in [2.24, 2.45) is 5.92 Å². The molecule has 2 aromatic carbocycles. The summed E-state index contributed by atoms with van der Waals surface area (Å²) in [5.74, 6) is -0.233. The second-order valence-electron chi connectivity index (χ2n) is 8.37. The number of rotatable bonds is 5. The van der Waals surface area contributed by atoms with Crippen LogP contribution in [-0.4, -0.2) is 21.2 Å². The molecule has 174 valence electrons. The molecule has 1 N–H and O–H groups in total. The van der Waals surface area contributed by atoms with Crippen LogP contribution in [0.3, 0.4) is 0 Å². The van der Waals surface area contributed by atoms with Crippen LogP contribution in [0.4, 0.5) is 10.1 Å². The monoisotopic (exact) mass is 513 g/mol. The van der Waals surface area contributed by atoms with E-state index in [1.165, 1.54) is 34.8 Å². The number of carbonyl (C=O) groups excluding carboxylic acids is 1. The van der Waals surface area contributed by atoms with Crippen LogP contribution in [0.15, 0.2) is 58.5 Å². The molecule has 5 nitrogen and oxygen atoms in total.